The number of urea groups is 1. The molecule has 0 spiro atoms. The van der Waals surface area contributed by atoms with Gasteiger partial charge in [0.05, 0.1) is 26.2 Å². The van der Waals surface area contributed by atoms with Gasteiger partial charge in [-0.05, 0) is 13.8 Å². The predicted molar refractivity (Wildman–Crippen MR) is 65.4 cm³/mol. The Balaban J connectivity index is 3.99. The van der Waals surface area contributed by atoms with E-state index in [1.165, 1.54) is 0 Å². The van der Waals surface area contributed by atoms with Crippen molar-refractivity contribution in [3.05, 3.63) is 0 Å². The lowest BCUT2D eigenvalue weighted by Gasteiger charge is -2.26. The van der Waals surface area contributed by atoms with E-state index >= 15 is 0 Å². The quantitative estimate of drug-likeness (QED) is 0.503. The summed E-state index contributed by atoms with van der Waals surface area (Å²) < 4.78 is 5.09. The summed E-state index contributed by atoms with van der Waals surface area (Å²) in [5.41, 5.74) is 0. The molecule has 0 rings (SSSR count). The minimum atomic E-state index is -0.947. The summed E-state index contributed by atoms with van der Waals surface area (Å²) in [6.45, 7) is 4.77. The number of nitrogens with zero attached hydrogens (tertiary/aromatic N) is 1. The van der Waals surface area contributed by atoms with Crippen molar-refractivity contribution in [1.82, 2.24) is 10.2 Å². The molecular weight excluding hydrogens is 240 g/mol. The van der Waals surface area contributed by atoms with Gasteiger partial charge < -0.3 is 25.2 Å². The van der Waals surface area contributed by atoms with Gasteiger partial charge >= 0.3 is 12.0 Å². The summed E-state index contributed by atoms with van der Waals surface area (Å²) in [5, 5.41) is 19.5. The fourth-order valence-electron chi connectivity index (χ4n) is 1.30. The Morgan fingerprint density at radius 3 is 2.50 bits per heavy atom. The third-order valence-corrected chi connectivity index (χ3v) is 2.21. The normalized spacial score (nSPS) is 10.4. The van der Waals surface area contributed by atoms with E-state index in [9.17, 15) is 9.59 Å². The maximum atomic E-state index is 11.7. The average molecular weight is 262 g/mol. The molecule has 0 radical (unpaired) electrons. The van der Waals surface area contributed by atoms with Crippen LogP contribution in [0.25, 0.3) is 0 Å². The molecule has 0 bridgehead atoms. The number of rotatable bonds is 9. The lowest BCUT2D eigenvalue weighted by atomic mass is 10.3. The summed E-state index contributed by atoms with van der Waals surface area (Å²) >= 11 is 0. The molecule has 0 unspecified atom stereocenters. The molecule has 7 heteroatoms. The van der Waals surface area contributed by atoms with E-state index in [4.69, 9.17) is 14.9 Å². The van der Waals surface area contributed by atoms with E-state index in [2.05, 4.69) is 5.32 Å². The van der Waals surface area contributed by atoms with Gasteiger partial charge in [-0.3, -0.25) is 4.79 Å². The molecule has 18 heavy (non-hydrogen) atoms. The summed E-state index contributed by atoms with van der Waals surface area (Å²) in [6.07, 6.45) is -0.0985. The number of hydrogen-bond donors (Lipinski definition) is 3. The van der Waals surface area contributed by atoms with Gasteiger partial charge in [0.15, 0.2) is 0 Å². The van der Waals surface area contributed by atoms with E-state index in [-0.39, 0.29) is 38.3 Å². The Bertz CT molecular complexity index is 258. The van der Waals surface area contributed by atoms with E-state index in [1.54, 1.807) is 4.90 Å². The number of aliphatic carboxylic acids is 1. The molecule has 7 nitrogen and oxygen atoms in total. The van der Waals surface area contributed by atoms with Crippen molar-refractivity contribution in [2.24, 2.45) is 0 Å². The fraction of sp³-hybridized carbons (Fsp3) is 0.818. The smallest absolute Gasteiger partial charge is 0.317 e. The SMILES string of the molecule is CC(C)N(CCOCCO)C(=O)NCCC(=O)O. The number of hydrogen-bond acceptors (Lipinski definition) is 4. The van der Waals surface area contributed by atoms with Crippen molar-refractivity contribution in [3.63, 3.8) is 0 Å². The lowest BCUT2D eigenvalue weighted by Crippen LogP contribution is -2.46. The number of aliphatic hydroxyl groups is 1. The summed E-state index contributed by atoms with van der Waals surface area (Å²) in [4.78, 5) is 23.6. The highest BCUT2D eigenvalue weighted by atomic mass is 16.5. The molecule has 2 amide bonds. The summed E-state index contributed by atoms with van der Waals surface area (Å²) in [5.74, 6) is -0.947. The van der Waals surface area contributed by atoms with Crippen LogP contribution >= 0.6 is 0 Å². The van der Waals surface area contributed by atoms with Gasteiger partial charge in [0.2, 0.25) is 0 Å². The Kier molecular flexibility index (Phi) is 8.95. The van der Waals surface area contributed by atoms with Crippen molar-refractivity contribution in [2.75, 3.05) is 32.9 Å². The molecule has 0 saturated carbocycles. The number of carbonyl (C=O) groups is 2. The molecule has 0 heterocycles. The van der Waals surface area contributed by atoms with Crippen LogP contribution in [0.5, 0.6) is 0 Å². The zero-order chi connectivity index (χ0) is 14.0. The number of carbonyl (C=O) groups excluding carboxylic acids is 1. The van der Waals surface area contributed by atoms with Crippen molar-refractivity contribution in [2.45, 2.75) is 26.3 Å². The molecule has 0 aromatic rings. The van der Waals surface area contributed by atoms with Crippen LogP contribution in [0.3, 0.4) is 0 Å². The van der Waals surface area contributed by atoms with Crippen LogP contribution in [0.1, 0.15) is 20.3 Å². The Morgan fingerprint density at radius 2 is 2.00 bits per heavy atom. The number of ether oxygens (including phenoxy) is 1. The monoisotopic (exact) mass is 262 g/mol. The van der Waals surface area contributed by atoms with Crippen LogP contribution in [0, 0.1) is 0 Å². The van der Waals surface area contributed by atoms with Crippen LogP contribution in [0.15, 0.2) is 0 Å². The van der Waals surface area contributed by atoms with Crippen molar-refractivity contribution in [3.8, 4) is 0 Å². The molecule has 0 aliphatic carbocycles. The average Bonchev–Trinajstić information content (AvgIpc) is 2.27. The van der Waals surface area contributed by atoms with Gasteiger partial charge in [0.1, 0.15) is 0 Å². The van der Waals surface area contributed by atoms with Gasteiger partial charge in [-0.15, -0.1) is 0 Å². The Morgan fingerprint density at radius 1 is 1.33 bits per heavy atom. The molecule has 0 saturated heterocycles. The molecular formula is C11H22N2O5. The molecule has 0 aliphatic rings. The zero-order valence-corrected chi connectivity index (χ0v) is 10.9. The highest BCUT2D eigenvalue weighted by Gasteiger charge is 2.16. The van der Waals surface area contributed by atoms with Gasteiger partial charge in [-0.1, -0.05) is 0 Å². The third kappa shape index (κ3) is 7.86. The number of nitrogens with one attached hydrogen (secondary N) is 1. The summed E-state index contributed by atoms with van der Waals surface area (Å²) in [6, 6.07) is -0.314. The van der Waals surface area contributed by atoms with Gasteiger partial charge in [0, 0.05) is 19.1 Å². The van der Waals surface area contributed by atoms with Crippen LogP contribution < -0.4 is 5.32 Å². The van der Waals surface area contributed by atoms with Gasteiger partial charge in [0.25, 0.3) is 0 Å². The van der Waals surface area contributed by atoms with Gasteiger partial charge in [-0.2, -0.15) is 0 Å². The van der Waals surface area contributed by atoms with Crippen LogP contribution in [0.4, 0.5) is 4.79 Å². The Hall–Kier alpha value is -1.34. The lowest BCUT2D eigenvalue weighted by molar-refractivity contribution is -0.136. The first-order chi connectivity index (χ1) is 8.49. The molecule has 3 N–H and O–H groups in total. The van der Waals surface area contributed by atoms with E-state index in [1.807, 2.05) is 13.8 Å². The largest absolute Gasteiger partial charge is 0.481 e. The third-order valence-electron chi connectivity index (χ3n) is 2.21. The fourth-order valence-corrected chi connectivity index (χ4v) is 1.30. The molecule has 0 aromatic heterocycles. The second-order valence-electron chi connectivity index (χ2n) is 4.00. The van der Waals surface area contributed by atoms with Crippen molar-refractivity contribution < 1.29 is 24.5 Å². The maximum absolute atomic E-state index is 11.7. The second kappa shape index (κ2) is 9.67. The Labute approximate surface area is 107 Å². The number of amides is 2. The zero-order valence-electron chi connectivity index (χ0n) is 10.9. The van der Waals surface area contributed by atoms with E-state index in [0.29, 0.717) is 13.2 Å². The molecule has 0 aliphatic heterocycles. The van der Waals surface area contributed by atoms with Crippen LogP contribution in [-0.4, -0.2) is 66.1 Å². The van der Waals surface area contributed by atoms with Crippen LogP contribution in [0.2, 0.25) is 0 Å². The molecule has 0 fully saturated rings. The minimum Gasteiger partial charge on any atom is -0.481 e. The highest BCUT2D eigenvalue weighted by molar-refractivity contribution is 5.75. The van der Waals surface area contributed by atoms with E-state index < -0.39 is 5.97 Å². The molecule has 0 atom stereocenters. The first-order valence-corrected chi connectivity index (χ1v) is 5.94. The number of carboxylic acids is 1. The van der Waals surface area contributed by atoms with Crippen LogP contribution in [-0.2, 0) is 9.53 Å². The van der Waals surface area contributed by atoms with Crippen molar-refractivity contribution >= 4 is 12.0 Å². The summed E-state index contributed by atoms with van der Waals surface area (Å²) in [7, 11) is 0. The first-order valence-electron chi connectivity index (χ1n) is 5.94. The molecule has 106 valence electrons. The standard InChI is InChI=1S/C11H22N2O5/c1-9(2)13(5-7-18-8-6-14)11(17)12-4-3-10(15)16/h9,14H,3-8H2,1-2H3,(H,12,17)(H,15,16). The van der Waals surface area contributed by atoms with Crippen molar-refractivity contribution in [1.29, 1.82) is 0 Å². The number of aliphatic hydroxyl groups excluding tert-OH is 1. The van der Waals surface area contributed by atoms with Gasteiger partial charge in [-0.25, -0.2) is 4.79 Å². The first kappa shape index (κ1) is 16.7. The minimum absolute atomic E-state index is 0.00689. The predicted octanol–water partition coefficient (Wildman–Crippen LogP) is -0.110. The maximum Gasteiger partial charge on any atom is 0.317 e. The topological polar surface area (TPSA) is 99.1 Å². The second-order valence-corrected chi connectivity index (χ2v) is 4.00. The highest BCUT2D eigenvalue weighted by Crippen LogP contribution is 1.98. The van der Waals surface area contributed by atoms with E-state index in [0.717, 1.165) is 0 Å². The number of carboxylic acid groups (broad SMARTS) is 1. The molecule has 0 aromatic carbocycles.